The van der Waals surface area contributed by atoms with Crippen LogP contribution in [0.1, 0.15) is 0 Å². The van der Waals surface area contributed by atoms with Gasteiger partial charge in [0.05, 0.1) is 6.17 Å². The quantitative estimate of drug-likeness (QED) is 0.425. The predicted molar refractivity (Wildman–Crippen MR) is 41.5 cm³/mol. The maximum absolute atomic E-state index is 5.77. The van der Waals surface area contributed by atoms with Gasteiger partial charge in [-0.1, -0.05) is 0 Å². The SMILES string of the molecule is NCCN1CCNCC1N. The Labute approximate surface area is 61.5 Å². The zero-order valence-electron chi connectivity index (χ0n) is 6.21. The van der Waals surface area contributed by atoms with Crippen molar-refractivity contribution in [3.8, 4) is 0 Å². The summed E-state index contributed by atoms with van der Waals surface area (Å²) in [4.78, 5) is 2.20. The minimum absolute atomic E-state index is 0.164. The van der Waals surface area contributed by atoms with Gasteiger partial charge in [-0.15, -0.1) is 0 Å². The molecular weight excluding hydrogens is 128 g/mol. The van der Waals surface area contributed by atoms with E-state index in [9.17, 15) is 0 Å². The van der Waals surface area contributed by atoms with E-state index in [4.69, 9.17) is 11.5 Å². The molecule has 0 bridgehead atoms. The fourth-order valence-corrected chi connectivity index (χ4v) is 1.21. The van der Waals surface area contributed by atoms with Crippen LogP contribution in [0.25, 0.3) is 0 Å². The van der Waals surface area contributed by atoms with Crippen molar-refractivity contribution < 1.29 is 0 Å². The van der Waals surface area contributed by atoms with Crippen LogP contribution in [0.3, 0.4) is 0 Å². The van der Waals surface area contributed by atoms with Crippen LogP contribution >= 0.6 is 0 Å². The van der Waals surface area contributed by atoms with Crippen molar-refractivity contribution in [2.45, 2.75) is 6.17 Å². The summed E-state index contributed by atoms with van der Waals surface area (Å²) in [5, 5.41) is 3.22. The van der Waals surface area contributed by atoms with Crippen molar-refractivity contribution in [3.63, 3.8) is 0 Å². The number of hydrogen-bond donors (Lipinski definition) is 3. The molecule has 10 heavy (non-hydrogen) atoms. The number of hydrogen-bond acceptors (Lipinski definition) is 4. The zero-order valence-corrected chi connectivity index (χ0v) is 6.21. The van der Waals surface area contributed by atoms with Gasteiger partial charge in [0.25, 0.3) is 0 Å². The minimum atomic E-state index is 0.164. The fourth-order valence-electron chi connectivity index (χ4n) is 1.21. The lowest BCUT2D eigenvalue weighted by Crippen LogP contribution is -2.56. The molecule has 0 amide bonds. The summed E-state index contributed by atoms with van der Waals surface area (Å²) in [5.74, 6) is 0. The Morgan fingerprint density at radius 1 is 1.60 bits per heavy atom. The molecule has 1 aliphatic rings. The van der Waals surface area contributed by atoms with Crippen LogP contribution in [-0.2, 0) is 0 Å². The van der Waals surface area contributed by atoms with Crippen molar-refractivity contribution >= 4 is 0 Å². The van der Waals surface area contributed by atoms with Crippen LogP contribution in [-0.4, -0.2) is 43.8 Å². The van der Waals surface area contributed by atoms with Crippen LogP contribution in [0.5, 0.6) is 0 Å². The maximum Gasteiger partial charge on any atom is 0.0701 e. The molecule has 4 nitrogen and oxygen atoms in total. The molecule has 1 aliphatic heterocycles. The van der Waals surface area contributed by atoms with Gasteiger partial charge in [-0.3, -0.25) is 4.90 Å². The van der Waals surface area contributed by atoms with E-state index in [1.807, 2.05) is 0 Å². The molecule has 1 heterocycles. The second-order valence-electron chi connectivity index (χ2n) is 2.60. The molecule has 1 unspecified atom stereocenters. The molecule has 60 valence electrons. The van der Waals surface area contributed by atoms with Gasteiger partial charge < -0.3 is 16.8 Å². The molecule has 1 atom stereocenters. The Hall–Kier alpha value is -0.160. The first kappa shape index (κ1) is 7.94. The van der Waals surface area contributed by atoms with Gasteiger partial charge in [-0.2, -0.15) is 0 Å². The summed E-state index contributed by atoms with van der Waals surface area (Å²) >= 11 is 0. The first-order valence-electron chi connectivity index (χ1n) is 3.75. The van der Waals surface area contributed by atoms with Crippen LogP contribution < -0.4 is 16.8 Å². The summed E-state index contributed by atoms with van der Waals surface area (Å²) in [6.07, 6.45) is 0.164. The largest absolute Gasteiger partial charge is 0.329 e. The highest BCUT2D eigenvalue weighted by Crippen LogP contribution is 1.94. The molecule has 1 rings (SSSR count). The summed E-state index contributed by atoms with van der Waals surface area (Å²) in [6, 6.07) is 0. The Bertz CT molecular complexity index is 93.7. The van der Waals surface area contributed by atoms with E-state index in [1.54, 1.807) is 0 Å². The van der Waals surface area contributed by atoms with Crippen molar-refractivity contribution in [1.82, 2.24) is 10.2 Å². The van der Waals surface area contributed by atoms with Crippen molar-refractivity contribution in [1.29, 1.82) is 0 Å². The number of rotatable bonds is 2. The number of nitrogens with zero attached hydrogens (tertiary/aromatic N) is 1. The van der Waals surface area contributed by atoms with E-state index in [0.29, 0.717) is 6.54 Å². The lowest BCUT2D eigenvalue weighted by Gasteiger charge is -2.32. The first-order valence-corrected chi connectivity index (χ1v) is 3.75. The third kappa shape index (κ3) is 1.91. The first-order chi connectivity index (χ1) is 4.84. The second kappa shape index (κ2) is 3.88. The van der Waals surface area contributed by atoms with Gasteiger partial charge in [0.15, 0.2) is 0 Å². The number of nitrogens with two attached hydrogens (primary N) is 2. The lowest BCUT2D eigenvalue weighted by atomic mass is 10.3. The number of nitrogens with one attached hydrogen (secondary N) is 1. The van der Waals surface area contributed by atoms with E-state index < -0.39 is 0 Å². The molecule has 0 aromatic heterocycles. The van der Waals surface area contributed by atoms with Crippen molar-refractivity contribution in [3.05, 3.63) is 0 Å². The molecule has 0 aromatic rings. The highest BCUT2D eigenvalue weighted by atomic mass is 15.3. The standard InChI is InChI=1S/C6H16N4/c7-1-3-10-4-2-9-5-6(10)8/h6,9H,1-5,7-8H2. The molecule has 1 fully saturated rings. The molecule has 0 aromatic carbocycles. The van der Waals surface area contributed by atoms with Gasteiger partial charge >= 0.3 is 0 Å². The molecule has 0 aliphatic carbocycles. The van der Waals surface area contributed by atoms with Crippen molar-refractivity contribution in [2.75, 3.05) is 32.7 Å². The molecular formula is C6H16N4. The molecule has 0 radical (unpaired) electrons. The summed E-state index contributed by atoms with van der Waals surface area (Å²) < 4.78 is 0. The van der Waals surface area contributed by atoms with Gasteiger partial charge in [-0.05, 0) is 0 Å². The lowest BCUT2D eigenvalue weighted by molar-refractivity contribution is 0.170. The molecule has 4 heteroatoms. The van der Waals surface area contributed by atoms with Crippen molar-refractivity contribution in [2.24, 2.45) is 11.5 Å². The van der Waals surface area contributed by atoms with E-state index in [1.165, 1.54) is 0 Å². The third-order valence-corrected chi connectivity index (χ3v) is 1.81. The predicted octanol–water partition coefficient (Wildman–Crippen LogP) is -1.86. The Morgan fingerprint density at radius 2 is 2.40 bits per heavy atom. The molecule has 0 saturated carbocycles. The molecule has 1 saturated heterocycles. The molecule has 0 spiro atoms. The average molecular weight is 144 g/mol. The van der Waals surface area contributed by atoms with Crippen LogP contribution in [0, 0.1) is 0 Å². The van der Waals surface area contributed by atoms with Gasteiger partial charge in [-0.25, -0.2) is 0 Å². The number of piperazine rings is 1. The van der Waals surface area contributed by atoms with Crippen LogP contribution in [0.15, 0.2) is 0 Å². The van der Waals surface area contributed by atoms with Gasteiger partial charge in [0, 0.05) is 32.7 Å². The van der Waals surface area contributed by atoms with E-state index in [0.717, 1.165) is 26.2 Å². The third-order valence-electron chi connectivity index (χ3n) is 1.81. The van der Waals surface area contributed by atoms with Gasteiger partial charge in [0.1, 0.15) is 0 Å². The summed E-state index contributed by atoms with van der Waals surface area (Å²) in [6.45, 7) is 4.57. The van der Waals surface area contributed by atoms with Crippen LogP contribution in [0.4, 0.5) is 0 Å². The van der Waals surface area contributed by atoms with E-state index in [-0.39, 0.29) is 6.17 Å². The monoisotopic (exact) mass is 144 g/mol. The fraction of sp³-hybridized carbons (Fsp3) is 1.00. The topological polar surface area (TPSA) is 67.3 Å². The maximum atomic E-state index is 5.77. The zero-order chi connectivity index (χ0) is 7.40. The van der Waals surface area contributed by atoms with Gasteiger partial charge in [0.2, 0.25) is 0 Å². The van der Waals surface area contributed by atoms with E-state index in [2.05, 4.69) is 10.2 Å². The van der Waals surface area contributed by atoms with Crippen LogP contribution in [0.2, 0.25) is 0 Å². The summed E-state index contributed by atoms with van der Waals surface area (Å²) in [7, 11) is 0. The molecule has 5 N–H and O–H groups in total. The second-order valence-corrected chi connectivity index (χ2v) is 2.60. The Balaban J connectivity index is 2.25. The Morgan fingerprint density at radius 3 is 3.00 bits per heavy atom. The van der Waals surface area contributed by atoms with E-state index >= 15 is 0 Å². The smallest absolute Gasteiger partial charge is 0.0701 e. The minimum Gasteiger partial charge on any atom is -0.329 e. The summed E-state index contributed by atoms with van der Waals surface area (Å²) in [5.41, 5.74) is 11.2. The highest BCUT2D eigenvalue weighted by molar-refractivity contribution is 4.74. The Kier molecular flexibility index (Phi) is 3.08. The normalized spacial score (nSPS) is 28.8. The average Bonchev–Trinajstić information content (AvgIpc) is 1.94. The highest BCUT2D eigenvalue weighted by Gasteiger charge is 2.16.